The minimum Gasteiger partial charge on any atom is -0.432 e. The molecule has 0 aliphatic carbocycles. The van der Waals surface area contributed by atoms with E-state index in [1.54, 1.807) is 0 Å². The zero-order chi connectivity index (χ0) is 14.0. The Morgan fingerprint density at radius 1 is 1.47 bits per heavy atom. The Bertz CT molecular complexity index is 656. The molecule has 19 heavy (non-hydrogen) atoms. The van der Waals surface area contributed by atoms with Crippen molar-refractivity contribution in [3.63, 3.8) is 0 Å². The number of ether oxygens (including phenoxy) is 1. The average Bonchev–Trinajstić information content (AvgIpc) is 2.33. The number of nitro groups is 1. The highest BCUT2D eigenvalue weighted by Gasteiger charge is 2.20. The number of hydrogen-bond donors (Lipinski definition) is 0. The summed E-state index contributed by atoms with van der Waals surface area (Å²) in [6, 6.07) is 3.24. The van der Waals surface area contributed by atoms with Crippen LogP contribution in [0, 0.1) is 15.9 Å². The van der Waals surface area contributed by atoms with Crippen LogP contribution >= 0.6 is 27.5 Å². The van der Waals surface area contributed by atoms with E-state index in [0.717, 1.165) is 12.1 Å². The van der Waals surface area contributed by atoms with Crippen molar-refractivity contribution in [2.24, 2.45) is 0 Å². The first kappa shape index (κ1) is 13.6. The van der Waals surface area contributed by atoms with Crippen LogP contribution in [-0.2, 0) is 0 Å². The molecule has 0 N–H and O–H groups in total. The zero-order valence-electron chi connectivity index (χ0n) is 9.01. The summed E-state index contributed by atoms with van der Waals surface area (Å²) in [5.41, 5.74) is -0.400. The van der Waals surface area contributed by atoms with Gasteiger partial charge in [-0.1, -0.05) is 0 Å². The van der Waals surface area contributed by atoms with E-state index in [9.17, 15) is 14.5 Å². The van der Waals surface area contributed by atoms with Crippen molar-refractivity contribution in [1.82, 2.24) is 9.97 Å². The minimum absolute atomic E-state index is 0.0233. The molecule has 0 aliphatic heterocycles. The molecule has 0 bridgehead atoms. The van der Waals surface area contributed by atoms with Gasteiger partial charge in [-0.05, 0) is 27.5 Å². The Labute approximate surface area is 119 Å². The second-order valence-corrected chi connectivity index (χ2v) is 4.45. The zero-order valence-corrected chi connectivity index (χ0v) is 11.4. The lowest BCUT2D eigenvalue weighted by Crippen LogP contribution is -1.96. The highest BCUT2D eigenvalue weighted by molar-refractivity contribution is 9.10. The average molecular weight is 349 g/mol. The summed E-state index contributed by atoms with van der Waals surface area (Å²) in [7, 11) is 0. The molecule has 0 amide bonds. The topological polar surface area (TPSA) is 78.2 Å². The first-order chi connectivity index (χ1) is 8.97. The van der Waals surface area contributed by atoms with Crippen molar-refractivity contribution in [3.8, 4) is 11.6 Å². The van der Waals surface area contributed by atoms with Gasteiger partial charge < -0.3 is 4.74 Å². The predicted molar refractivity (Wildman–Crippen MR) is 67.9 cm³/mol. The summed E-state index contributed by atoms with van der Waals surface area (Å²) >= 11 is 8.42. The van der Waals surface area contributed by atoms with E-state index < -0.39 is 16.4 Å². The standard InChI is InChI=1S/C10H4BrClFN3O3/c11-5-3-7(16(17)18)8(4-6(5)13)19-9-1-2-14-10(12)15-9/h1-4H. The predicted octanol–water partition coefficient (Wildman–Crippen LogP) is 3.73. The molecular weight excluding hydrogens is 344 g/mol. The Hall–Kier alpha value is -1.80. The number of hydrogen-bond acceptors (Lipinski definition) is 5. The van der Waals surface area contributed by atoms with Crippen molar-refractivity contribution in [3.05, 3.63) is 50.1 Å². The van der Waals surface area contributed by atoms with Gasteiger partial charge in [-0.3, -0.25) is 10.1 Å². The maximum atomic E-state index is 13.4. The highest BCUT2D eigenvalue weighted by atomic mass is 79.9. The van der Waals surface area contributed by atoms with E-state index in [1.807, 2.05) is 0 Å². The quantitative estimate of drug-likeness (QED) is 0.480. The largest absolute Gasteiger partial charge is 0.432 e. The van der Waals surface area contributed by atoms with Gasteiger partial charge in [0.15, 0.2) is 0 Å². The van der Waals surface area contributed by atoms with Gasteiger partial charge in [0.05, 0.1) is 9.40 Å². The SMILES string of the molecule is O=[N+]([O-])c1cc(Br)c(F)cc1Oc1ccnc(Cl)n1. The first-order valence-corrected chi connectivity index (χ1v) is 5.94. The minimum atomic E-state index is -0.694. The summed E-state index contributed by atoms with van der Waals surface area (Å²) in [6.07, 6.45) is 1.31. The fraction of sp³-hybridized carbons (Fsp3) is 0. The molecule has 1 aromatic carbocycles. The van der Waals surface area contributed by atoms with Gasteiger partial charge in [-0.2, -0.15) is 4.98 Å². The number of nitrogens with zero attached hydrogens (tertiary/aromatic N) is 3. The van der Waals surface area contributed by atoms with Crippen LogP contribution in [0.4, 0.5) is 10.1 Å². The number of rotatable bonds is 3. The van der Waals surface area contributed by atoms with Crippen molar-refractivity contribution >= 4 is 33.2 Å². The third kappa shape index (κ3) is 3.15. The molecule has 0 saturated carbocycles. The van der Waals surface area contributed by atoms with Crippen molar-refractivity contribution in [2.45, 2.75) is 0 Å². The lowest BCUT2D eigenvalue weighted by atomic mass is 10.3. The van der Waals surface area contributed by atoms with Crippen LogP contribution in [0.2, 0.25) is 5.28 Å². The summed E-state index contributed by atoms with van der Waals surface area (Å²) in [4.78, 5) is 17.5. The van der Waals surface area contributed by atoms with Crippen LogP contribution in [0.1, 0.15) is 0 Å². The fourth-order valence-corrected chi connectivity index (χ4v) is 1.70. The first-order valence-electron chi connectivity index (χ1n) is 4.77. The fourth-order valence-electron chi connectivity index (χ4n) is 1.23. The third-order valence-corrected chi connectivity index (χ3v) is 2.80. The summed E-state index contributed by atoms with van der Waals surface area (Å²) in [5.74, 6) is -0.994. The molecule has 1 aromatic heterocycles. The molecule has 98 valence electrons. The van der Waals surface area contributed by atoms with Gasteiger partial charge >= 0.3 is 5.69 Å². The summed E-state index contributed by atoms with van der Waals surface area (Å²) in [5, 5.41) is 10.8. The molecule has 2 rings (SSSR count). The molecule has 0 atom stereocenters. The Balaban J connectivity index is 2.44. The molecule has 0 fully saturated rings. The van der Waals surface area contributed by atoms with Gasteiger partial charge in [-0.25, -0.2) is 9.37 Å². The van der Waals surface area contributed by atoms with Crippen LogP contribution in [0.5, 0.6) is 11.6 Å². The molecule has 1 heterocycles. The lowest BCUT2D eigenvalue weighted by molar-refractivity contribution is -0.385. The van der Waals surface area contributed by atoms with Crippen LogP contribution in [0.15, 0.2) is 28.9 Å². The summed E-state index contributed by atoms with van der Waals surface area (Å²) < 4.78 is 18.5. The summed E-state index contributed by atoms with van der Waals surface area (Å²) in [6.45, 7) is 0. The van der Waals surface area contributed by atoms with E-state index in [0.29, 0.717) is 0 Å². The molecular formula is C10H4BrClFN3O3. The molecule has 0 spiro atoms. The third-order valence-electron chi connectivity index (χ3n) is 2.01. The van der Waals surface area contributed by atoms with E-state index >= 15 is 0 Å². The Kier molecular flexibility index (Phi) is 3.91. The Morgan fingerprint density at radius 2 is 2.21 bits per heavy atom. The van der Waals surface area contributed by atoms with Gasteiger partial charge in [0, 0.05) is 24.4 Å². The number of aromatic nitrogens is 2. The monoisotopic (exact) mass is 347 g/mol. The molecule has 0 aliphatic rings. The molecule has 0 unspecified atom stereocenters. The van der Waals surface area contributed by atoms with Crippen LogP contribution < -0.4 is 4.74 Å². The lowest BCUT2D eigenvalue weighted by Gasteiger charge is -2.06. The second kappa shape index (κ2) is 5.45. The molecule has 6 nitrogen and oxygen atoms in total. The molecule has 0 saturated heterocycles. The Morgan fingerprint density at radius 3 is 2.84 bits per heavy atom. The van der Waals surface area contributed by atoms with E-state index in [2.05, 4.69) is 25.9 Å². The van der Waals surface area contributed by atoms with Crippen LogP contribution in [-0.4, -0.2) is 14.9 Å². The molecule has 0 radical (unpaired) electrons. The normalized spacial score (nSPS) is 10.3. The second-order valence-electron chi connectivity index (χ2n) is 3.26. The van der Waals surface area contributed by atoms with Gasteiger partial charge in [-0.15, -0.1) is 0 Å². The number of nitro benzene ring substituents is 1. The maximum Gasteiger partial charge on any atom is 0.312 e. The maximum absolute atomic E-state index is 13.4. The van der Waals surface area contributed by atoms with Crippen LogP contribution in [0.25, 0.3) is 0 Å². The van der Waals surface area contributed by atoms with Crippen molar-refractivity contribution < 1.29 is 14.1 Å². The van der Waals surface area contributed by atoms with Crippen LogP contribution in [0.3, 0.4) is 0 Å². The van der Waals surface area contributed by atoms with Gasteiger partial charge in [0.1, 0.15) is 5.82 Å². The number of halogens is 3. The molecule has 9 heteroatoms. The van der Waals surface area contributed by atoms with E-state index in [-0.39, 0.29) is 21.4 Å². The van der Waals surface area contributed by atoms with Crippen molar-refractivity contribution in [2.75, 3.05) is 0 Å². The smallest absolute Gasteiger partial charge is 0.312 e. The number of benzene rings is 1. The van der Waals surface area contributed by atoms with Gasteiger partial charge in [0.2, 0.25) is 16.9 Å². The highest BCUT2D eigenvalue weighted by Crippen LogP contribution is 2.34. The van der Waals surface area contributed by atoms with Crippen molar-refractivity contribution in [1.29, 1.82) is 0 Å². The van der Waals surface area contributed by atoms with Gasteiger partial charge in [0.25, 0.3) is 0 Å². The van der Waals surface area contributed by atoms with E-state index in [4.69, 9.17) is 16.3 Å². The van der Waals surface area contributed by atoms with E-state index in [1.165, 1.54) is 12.3 Å². The molecule has 2 aromatic rings.